The zero-order chi connectivity index (χ0) is 21.8. The Morgan fingerprint density at radius 2 is 1.09 bits per heavy atom. The molecule has 0 aliphatic carbocycles. The summed E-state index contributed by atoms with van der Waals surface area (Å²) in [7, 11) is 0. The quantitative estimate of drug-likeness (QED) is 0.269. The average molecular weight is 418 g/mol. The van der Waals surface area contributed by atoms with Crippen molar-refractivity contribution in [1.29, 1.82) is 0 Å². The molecule has 0 bridgehead atoms. The molecule has 0 radical (unpaired) electrons. The molecule has 0 fully saturated rings. The summed E-state index contributed by atoms with van der Waals surface area (Å²) in [6.07, 6.45) is 0. The molecule has 5 aromatic rings. The van der Waals surface area contributed by atoms with E-state index in [1.807, 2.05) is 30.3 Å². The van der Waals surface area contributed by atoms with Crippen LogP contribution in [0.25, 0.3) is 44.2 Å². The molecule has 0 unspecified atom stereocenters. The SMILES string of the molecule is Oc1ccc(-c2c(O)c3c(c(-c4cccc5ccccc45)c2-c2ccc(O)cc2)O3)cc1. The number of aromatic hydroxyl groups is 3. The Morgan fingerprint density at radius 1 is 0.500 bits per heavy atom. The van der Waals surface area contributed by atoms with Crippen molar-refractivity contribution in [3.05, 3.63) is 91.0 Å². The molecule has 0 aromatic heterocycles. The molecule has 1 aliphatic rings. The van der Waals surface area contributed by atoms with Gasteiger partial charge in [-0.1, -0.05) is 66.7 Å². The van der Waals surface area contributed by atoms with Crippen molar-refractivity contribution in [2.45, 2.75) is 0 Å². The maximum absolute atomic E-state index is 11.1. The molecule has 0 saturated heterocycles. The fraction of sp³-hybridized carbons (Fsp3) is 0. The predicted molar refractivity (Wildman–Crippen MR) is 125 cm³/mol. The van der Waals surface area contributed by atoms with Crippen molar-refractivity contribution < 1.29 is 20.1 Å². The number of rotatable bonds is 3. The van der Waals surface area contributed by atoms with Crippen LogP contribution < -0.4 is 4.74 Å². The van der Waals surface area contributed by atoms with Gasteiger partial charge in [-0.05, 0) is 51.7 Å². The van der Waals surface area contributed by atoms with Gasteiger partial charge in [0.05, 0.1) is 0 Å². The largest absolute Gasteiger partial charge is 0.508 e. The highest BCUT2D eigenvalue weighted by molar-refractivity contribution is 6.10. The Hall–Kier alpha value is -4.44. The monoisotopic (exact) mass is 418 g/mol. The van der Waals surface area contributed by atoms with Crippen molar-refractivity contribution in [3.8, 4) is 62.1 Å². The van der Waals surface area contributed by atoms with Crippen molar-refractivity contribution in [2.24, 2.45) is 0 Å². The standard InChI is InChI=1S/C28H18O4/c29-19-12-8-17(9-13-19)23-24(18-10-14-20(30)15-11-18)26(31)28-27(32-28)25(23)22-7-3-5-16-4-1-2-6-21(16)22/h1-15,29-31H. The van der Waals surface area contributed by atoms with Crippen molar-refractivity contribution in [3.63, 3.8) is 0 Å². The topological polar surface area (TPSA) is 73.2 Å². The van der Waals surface area contributed by atoms with E-state index in [0.29, 0.717) is 17.1 Å². The van der Waals surface area contributed by atoms with Crippen LogP contribution in [-0.2, 0) is 0 Å². The van der Waals surface area contributed by atoms with E-state index in [0.717, 1.165) is 38.6 Å². The summed E-state index contributed by atoms with van der Waals surface area (Å²) in [5.74, 6) is 1.51. The second-order valence-corrected chi connectivity index (χ2v) is 7.85. The normalized spacial score (nSPS) is 11.8. The Labute approximate surface area is 184 Å². The second-order valence-electron chi connectivity index (χ2n) is 7.85. The van der Waals surface area contributed by atoms with Gasteiger partial charge in [0.2, 0.25) is 5.75 Å². The fourth-order valence-corrected chi connectivity index (χ4v) is 4.39. The lowest BCUT2D eigenvalue weighted by atomic mass is 9.85. The summed E-state index contributed by atoms with van der Waals surface area (Å²) in [5, 5.41) is 33.0. The van der Waals surface area contributed by atoms with Gasteiger partial charge in [0.25, 0.3) is 0 Å². The van der Waals surface area contributed by atoms with E-state index < -0.39 is 0 Å². The van der Waals surface area contributed by atoms with Crippen LogP contribution in [0.5, 0.6) is 28.7 Å². The maximum Gasteiger partial charge on any atom is 0.213 e. The van der Waals surface area contributed by atoms with Gasteiger partial charge in [-0.15, -0.1) is 0 Å². The first-order chi connectivity index (χ1) is 15.6. The van der Waals surface area contributed by atoms with E-state index in [-0.39, 0.29) is 17.2 Å². The molecular formula is C28H18O4. The Bertz CT molecular complexity index is 1500. The van der Waals surface area contributed by atoms with E-state index in [1.54, 1.807) is 36.4 Å². The molecule has 0 spiro atoms. The molecule has 3 N–H and O–H groups in total. The maximum atomic E-state index is 11.1. The van der Waals surface area contributed by atoms with Crippen LogP contribution in [0.15, 0.2) is 91.0 Å². The minimum absolute atomic E-state index is 0.0674. The summed E-state index contributed by atoms with van der Waals surface area (Å²) in [5.41, 5.74) is 4.91. The molecule has 0 saturated carbocycles. The summed E-state index contributed by atoms with van der Waals surface area (Å²) in [4.78, 5) is 0. The van der Waals surface area contributed by atoms with Gasteiger partial charge in [0, 0.05) is 16.7 Å². The lowest BCUT2D eigenvalue weighted by Gasteiger charge is -2.17. The molecule has 0 atom stereocenters. The van der Waals surface area contributed by atoms with E-state index in [1.165, 1.54) is 0 Å². The minimum atomic E-state index is 0.0674. The van der Waals surface area contributed by atoms with E-state index in [4.69, 9.17) is 4.74 Å². The Morgan fingerprint density at radius 3 is 1.78 bits per heavy atom. The molecule has 1 aliphatic heterocycles. The predicted octanol–water partition coefficient (Wildman–Crippen LogP) is 7.06. The summed E-state index contributed by atoms with van der Waals surface area (Å²) < 4.78 is 5.83. The highest BCUT2D eigenvalue weighted by atomic mass is 16.6. The number of hydrogen-bond acceptors (Lipinski definition) is 4. The first-order valence-electron chi connectivity index (χ1n) is 10.3. The zero-order valence-corrected chi connectivity index (χ0v) is 16.9. The molecular weight excluding hydrogens is 400 g/mol. The Kier molecular flexibility index (Phi) is 3.89. The minimum Gasteiger partial charge on any atom is -0.508 e. The second kappa shape index (κ2) is 6.79. The van der Waals surface area contributed by atoms with Gasteiger partial charge < -0.3 is 20.1 Å². The zero-order valence-electron chi connectivity index (χ0n) is 16.9. The molecule has 32 heavy (non-hydrogen) atoms. The van der Waals surface area contributed by atoms with Crippen LogP contribution in [0.2, 0.25) is 0 Å². The van der Waals surface area contributed by atoms with Crippen LogP contribution in [0.4, 0.5) is 0 Å². The first kappa shape index (κ1) is 18.3. The van der Waals surface area contributed by atoms with Crippen LogP contribution >= 0.6 is 0 Å². The summed E-state index contributed by atoms with van der Waals surface area (Å²) >= 11 is 0. The van der Waals surface area contributed by atoms with Gasteiger partial charge in [0.15, 0.2) is 11.5 Å². The fourth-order valence-electron chi connectivity index (χ4n) is 4.39. The molecule has 1 heterocycles. The average Bonchev–Trinajstić information content (AvgIpc) is 3.61. The molecule has 4 heteroatoms. The number of ether oxygens (including phenoxy) is 1. The highest BCUT2D eigenvalue weighted by Gasteiger charge is 2.37. The van der Waals surface area contributed by atoms with Gasteiger partial charge in [-0.25, -0.2) is 0 Å². The van der Waals surface area contributed by atoms with Gasteiger partial charge in [0.1, 0.15) is 11.5 Å². The molecule has 4 nitrogen and oxygen atoms in total. The summed E-state index contributed by atoms with van der Waals surface area (Å²) in [6, 6.07) is 28.0. The molecule has 154 valence electrons. The third kappa shape index (κ3) is 2.77. The first-order valence-corrected chi connectivity index (χ1v) is 10.3. The molecule has 6 rings (SSSR count). The van der Waals surface area contributed by atoms with Crippen LogP contribution in [-0.4, -0.2) is 15.3 Å². The van der Waals surface area contributed by atoms with Crippen molar-refractivity contribution in [2.75, 3.05) is 0 Å². The van der Waals surface area contributed by atoms with E-state index in [9.17, 15) is 15.3 Å². The molecule has 0 amide bonds. The van der Waals surface area contributed by atoms with Gasteiger partial charge >= 0.3 is 0 Å². The van der Waals surface area contributed by atoms with Gasteiger partial charge in [-0.3, -0.25) is 0 Å². The van der Waals surface area contributed by atoms with Crippen LogP contribution in [0.3, 0.4) is 0 Å². The number of phenols is 3. The van der Waals surface area contributed by atoms with E-state index >= 15 is 0 Å². The molecule has 5 aromatic carbocycles. The third-order valence-electron chi connectivity index (χ3n) is 5.92. The van der Waals surface area contributed by atoms with Crippen molar-refractivity contribution >= 4 is 10.8 Å². The number of benzene rings is 5. The van der Waals surface area contributed by atoms with Crippen LogP contribution in [0.1, 0.15) is 0 Å². The Balaban J connectivity index is 1.75. The van der Waals surface area contributed by atoms with Crippen molar-refractivity contribution in [1.82, 2.24) is 0 Å². The highest BCUT2D eigenvalue weighted by Crippen LogP contribution is 2.65. The van der Waals surface area contributed by atoms with E-state index in [2.05, 4.69) is 24.3 Å². The third-order valence-corrected chi connectivity index (χ3v) is 5.92. The lowest BCUT2D eigenvalue weighted by Crippen LogP contribution is -1.90. The lowest BCUT2D eigenvalue weighted by molar-refractivity contribution is 0.465. The smallest absolute Gasteiger partial charge is 0.213 e. The number of fused-ring (bicyclic) bond motifs is 2. The summed E-state index contributed by atoms with van der Waals surface area (Å²) in [6.45, 7) is 0. The van der Waals surface area contributed by atoms with Gasteiger partial charge in [-0.2, -0.15) is 0 Å². The number of hydrogen-bond donors (Lipinski definition) is 3. The number of phenolic OH excluding ortho intramolecular Hbond substituents is 3. The van der Waals surface area contributed by atoms with Crippen LogP contribution in [0, 0.1) is 0 Å².